The van der Waals surface area contributed by atoms with Crippen LogP contribution in [0.4, 0.5) is 11.4 Å². The summed E-state index contributed by atoms with van der Waals surface area (Å²) < 4.78 is 6.88. The van der Waals surface area contributed by atoms with E-state index in [0.717, 1.165) is 4.47 Å². The van der Waals surface area contributed by atoms with E-state index in [-0.39, 0.29) is 18.1 Å². The molecule has 0 saturated heterocycles. The molecule has 21 heavy (non-hydrogen) atoms. The van der Waals surface area contributed by atoms with Gasteiger partial charge < -0.3 is 20.4 Å². The van der Waals surface area contributed by atoms with Crippen molar-refractivity contribution in [1.29, 1.82) is 0 Å². The summed E-state index contributed by atoms with van der Waals surface area (Å²) in [5.41, 5.74) is 6.94. The third-order valence-electron chi connectivity index (χ3n) is 2.77. The maximum atomic E-state index is 12.1. The van der Waals surface area contributed by atoms with E-state index >= 15 is 0 Å². The molecule has 3 N–H and O–H groups in total. The molecule has 0 aliphatic heterocycles. The lowest BCUT2D eigenvalue weighted by molar-refractivity contribution is -0.116. The Bertz CT molecular complexity index is 682. The van der Waals surface area contributed by atoms with Crippen molar-refractivity contribution in [2.45, 2.75) is 6.54 Å². The van der Waals surface area contributed by atoms with Crippen LogP contribution in [0.1, 0.15) is 10.5 Å². The van der Waals surface area contributed by atoms with Crippen molar-refractivity contribution in [3.8, 4) is 0 Å². The standard InChI is InChI=1S/C14H14BrN3O3/c1-21-14(20)12-6-9(16)7-18(12)8-13(19)17-11-5-3-2-4-10(11)15/h2-7H,8,16H2,1H3,(H,17,19). The van der Waals surface area contributed by atoms with Gasteiger partial charge in [0.05, 0.1) is 18.5 Å². The fraction of sp³-hybridized carbons (Fsp3) is 0.143. The van der Waals surface area contributed by atoms with Crippen LogP contribution in [-0.4, -0.2) is 23.6 Å². The first-order chi connectivity index (χ1) is 10.0. The van der Waals surface area contributed by atoms with E-state index in [9.17, 15) is 9.59 Å². The second kappa shape index (κ2) is 6.45. The zero-order valence-corrected chi connectivity index (χ0v) is 12.9. The first-order valence-corrected chi connectivity index (χ1v) is 6.89. The Labute approximate surface area is 130 Å². The van der Waals surface area contributed by atoms with Crippen molar-refractivity contribution in [3.63, 3.8) is 0 Å². The Kier molecular flexibility index (Phi) is 4.64. The Morgan fingerprint density at radius 2 is 2.10 bits per heavy atom. The summed E-state index contributed by atoms with van der Waals surface area (Å²) in [5, 5.41) is 2.75. The molecular weight excluding hydrogens is 338 g/mol. The average molecular weight is 352 g/mol. The number of hydrogen-bond donors (Lipinski definition) is 2. The summed E-state index contributed by atoms with van der Waals surface area (Å²) >= 11 is 3.35. The van der Waals surface area contributed by atoms with Crippen LogP contribution in [0.2, 0.25) is 0 Å². The van der Waals surface area contributed by atoms with Crippen LogP contribution in [-0.2, 0) is 16.1 Å². The molecule has 1 aromatic carbocycles. The molecule has 0 atom stereocenters. The number of esters is 1. The van der Waals surface area contributed by atoms with Crippen molar-refractivity contribution >= 4 is 39.2 Å². The van der Waals surface area contributed by atoms with Gasteiger partial charge in [0.1, 0.15) is 12.2 Å². The van der Waals surface area contributed by atoms with Gasteiger partial charge in [-0.25, -0.2) is 4.79 Å². The number of halogens is 1. The number of para-hydroxylation sites is 1. The summed E-state index contributed by atoms with van der Waals surface area (Å²) in [7, 11) is 1.27. The lowest BCUT2D eigenvalue weighted by Crippen LogP contribution is -2.21. The number of benzene rings is 1. The Hall–Kier alpha value is -2.28. The van der Waals surface area contributed by atoms with E-state index in [1.165, 1.54) is 23.9 Å². The molecule has 0 spiro atoms. The molecule has 0 bridgehead atoms. The minimum atomic E-state index is -0.541. The number of nitrogens with two attached hydrogens (primary N) is 1. The highest BCUT2D eigenvalue weighted by atomic mass is 79.9. The van der Waals surface area contributed by atoms with Crippen LogP contribution in [0.3, 0.4) is 0 Å². The van der Waals surface area contributed by atoms with Gasteiger partial charge in [0.25, 0.3) is 0 Å². The van der Waals surface area contributed by atoms with Gasteiger partial charge in [0, 0.05) is 10.7 Å². The van der Waals surface area contributed by atoms with Crippen molar-refractivity contribution in [1.82, 2.24) is 4.57 Å². The quantitative estimate of drug-likeness (QED) is 0.827. The SMILES string of the molecule is COC(=O)c1cc(N)cn1CC(=O)Nc1ccccc1Br. The molecule has 7 heteroatoms. The Morgan fingerprint density at radius 3 is 2.76 bits per heavy atom. The summed E-state index contributed by atoms with van der Waals surface area (Å²) in [5.74, 6) is -0.817. The summed E-state index contributed by atoms with van der Waals surface area (Å²) in [6, 6.07) is 8.73. The lowest BCUT2D eigenvalue weighted by Gasteiger charge is -2.09. The van der Waals surface area contributed by atoms with E-state index in [2.05, 4.69) is 26.0 Å². The van der Waals surface area contributed by atoms with Crippen molar-refractivity contribution < 1.29 is 14.3 Å². The molecule has 1 heterocycles. The summed E-state index contributed by atoms with van der Waals surface area (Å²) in [6.45, 7) is -0.0387. The molecule has 2 rings (SSSR count). The number of methoxy groups -OCH3 is 1. The fourth-order valence-electron chi connectivity index (χ4n) is 1.85. The molecule has 0 saturated carbocycles. The normalized spacial score (nSPS) is 10.2. The Morgan fingerprint density at radius 1 is 1.38 bits per heavy atom. The number of anilines is 2. The predicted octanol–water partition coefficient (Wildman–Crippen LogP) is 2.26. The average Bonchev–Trinajstić information content (AvgIpc) is 2.81. The van der Waals surface area contributed by atoms with Gasteiger partial charge in [-0.15, -0.1) is 0 Å². The maximum absolute atomic E-state index is 12.1. The second-order valence-electron chi connectivity index (χ2n) is 4.31. The van der Waals surface area contributed by atoms with Crippen LogP contribution < -0.4 is 11.1 Å². The number of nitrogen functional groups attached to an aromatic ring is 1. The molecule has 0 aliphatic carbocycles. The minimum Gasteiger partial charge on any atom is -0.464 e. The number of aromatic nitrogens is 1. The van der Waals surface area contributed by atoms with Gasteiger partial charge in [0.15, 0.2) is 0 Å². The summed E-state index contributed by atoms with van der Waals surface area (Å²) in [4.78, 5) is 23.7. The third-order valence-corrected chi connectivity index (χ3v) is 3.47. The van der Waals surface area contributed by atoms with Gasteiger partial charge in [-0.2, -0.15) is 0 Å². The third kappa shape index (κ3) is 3.63. The number of rotatable bonds is 4. The zero-order chi connectivity index (χ0) is 15.4. The van der Waals surface area contributed by atoms with Crippen LogP contribution >= 0.6 is 15.9 Å². The topological polar surface area (TPSA) is 86.3 Å². The summed E-state index contributed by atoms with van der Waals surface area (Å²) in [6.07, 6.45) is 1.52. The molecule has 0 radical (unpaired) electrons. The van der Waals surface area contributed by atoms with E-state index in [1.807, 2.05) is 18.2 Å². The van der Waals surface area contributed by atoms with Crippen molar-refractivity contribution in [2.24, 2.45) is 0 Å². The number of amides is 1. The largest absolute Gasteiger partial charge is 0.464 e. The number of carbonyl (C=O) groups excluding carboxylic acids is 2. The maximum Gasteiger partial charge on any atom is 0.354 e. The fourth-order valence-corrected chi connectivity index (χ4v) is 2.23. The second-order valence-corrected chi connectivity index (χ2v) is 5.16. The minimum absolute atomic E-state index is 0.0387. The molecule has 6 nitrogen and oxygen atoms in total. The van der Waals surface area contributed by atoms with E-state index in [1.54, 1.807) is 6.07 Å². The number of nitrogens with one attached hydrogen (secondary N) is 1. The predicted molar refractivity (Wildman–Crippen MR) is 83.0 cm³/mol. The van der Waals surface area contributed by atoms with Gasteiger partial charge in [-0.1, -0.05) is 12.1 Å². The molecule has 1 aromatic heterocycles. The number of nitrogens with zero attached hydrogens (tertiary/aromatic N) is 1. The number of ether oxygens (including phenoxy) is 1. The van der Waals surface area contributed by atoms with Crippen LogP contribution in [0.25, 0.3) is 0 Å². The highest BCUT2D eigenvalue weighted by molar-refractivity contribution is 9.10. The highest BCUT2D eigenvalue weighted by Crippen LogP contribution is 2.21. The van der Waals surface area contributed by atoms with Crippen molar-refractivity contribution in [3.05, 3.63) is 46.7 Å². The first kappa shape index (κ1) is 15.1. The van der Waals surface area contributed by atoms with Gasteiger partial charge in [-0.05, 0) is 34.1 Å². The van der Waals surface area contributed by atoms with Crippen LogP contribution in [0.15, 0.2) is 41.0 Å². The molecule has 110 valence electrons. The molecule has 0 unspecified atom stereocenters. The van der Waals surface area contributed by atoms with Gasteiger partial charge >= 0.3 is 5.97 Å². The van der Waals surface area contributed by atoms with Crippen LogP contribution in [0.5, 0.6) is 0 Å². The van der Waals surface area contributed by atoms with E-state index in [4.69, 9.17) is 5.73 Å². The first-order valence-electron chi connectivity index (χ1n) is 6.09. The van der Waals surface area contributed by atoms with E-state index in [0.29, 0.717) is 11.4 Å². The number of hydrogen-bond acceptors (Lipinski definition) is 4. The van der Waals surface area contributed by atoms with E-state index < -0.39 is 5.97 Å². The van der Waals surface area contributed by atoms with Gasteiger partial charge in [0.2, 0.25) is 5.91 Å². The van der Waals surface area contributed by atoms with Crippen LogP contribution in [0, 0.1) is 0 Å². The molecular formula is C14H14BrN3O3. The molecule has 0 aliphatic rings. The highest BCUT2D eigenvalue weighted by Gasteiger charge is 2.15. The molecule has 2 aromatic rings. The Balaban J connectivity index is 2.13. The number of carbonyl (C=O) groups is 2. The van der Waals surface area contributed by atoms with Gasteiger partial charge in [-0.3, -0.25) is 4.79 Å². The monoisotopic (exact) mass is 351 g/mol. The molecule has 0 fully saturated rings. The molecule has 1 amide bonds. The smallest absolute Gasteiger partial charge is 0.354 e. The lowest BCUT2D eigenvalue weighted by atomic mass is 10.3. The zero-order valence-electron chi connectivity index (χ0n) is 11.3. The van der Waals surface area contributed by atoms with Crippen molar-refractivity contribution in [2.75, 3.05) is 18.2 Å².